The van der Waals surface area contributed by atoms with E-state index in [1.807, 2.05) is 30.3 Å². The second kappa shape index (κ2) is 7.91. The molecule has 0 aliphatic heterocycles. The van der Waals surface area contributed by atoms with Crippen molar-refractivity contribution < 1.29 is 18.6 Å². The molecule has 2 rings (SSSR count). The van der Waals surface area contributed by atoms with Crippen molar-refractivity contribution in [2.75, 3.05) is 0 Å². The van der Waals surface area contributed by atoms with Crippen LogP contribution in [0.4, 0.5) is 0 Å². The molecule has 0 spiro atoms. The molecule has 1 aromatic rings. The van der Waals surface area contributed by atoms with E-state index < -0.39 is 0 Å². The van der Waals surface area contributed by atoms with Gasteiger partial charge in [-0.1, -0.05) is 6.92 Å². The molecule has 0 bridgehead atoms. The molecule has 1 aliphatic carbocycles. The molecular weight excluding hydrogens is 195 g/mol. The SMILES string of the molecule is CC1=[C-]CC=C1.[V+2].[c-]1ccccc1. The molecule has 0 atom stereocenters. The van der Waals surface area contributed by atoms with Crippen LogP contribution in [0.15, 0.2) is 48.1 Å². The molecule has 1 aliphatic rings. The summed E-state index contributed by atoms with van der Waals surface area (Å²) in [6.45, 7) is 2.06. The summed E-state index contributed by atoms with van der Waals surface area (Å²) in [5, 5.41) is 0. The third-order valence-electron chi connectivity index (χ3n) is 1.47. The first-order valence-corrected chi connectivity index (χ1v) is 4.04. The first-order chi connectivity index (χ1) is 5.89. The number of rotatable bonds is 0. The number of hydrogen-bond donors (Lipinski definition) is 0. The Balaban J connectivity index is 0.000000206. The molecule has 0 N–H and O–H groups in total. The summed E-state index contributed by atoms with van der Waals surface area (Å²) in [6.07, 6.45) is 8.33. The summed E-state index contributed by atoms with van der Waals surface area (Å²) in [5.41, 5.74) is 1.27. The molecule has 0 unspecified atom stereocenters. The molecule has 0 fully saturated rings. The van der Waals surface area contributed by atoms with Crippen molar-refractivity contribution in [3.05, 3.63) is 60.2 Å². The number of allylic oxidation sites excluding steroid dienone is 4. The summed E-state index contributed by atoms with van der Waals surface area (Å²) < 4.78 is 0. The van der Waals surface area contributed by atoms with Crippen molar-refractivity contribution in [3.63, 3.8) is 0 Å². The van der Waals surface area contributed by atoms with E-state index in [9.17, 15) is 0 Å². The van der Waals surface area contributed by atoms with Gasteiger partial charge in [0.15, 0.2) is 0 Å². The van der Waals surface area contributed by atoms with Crippen LogP contribution in [0.25, 0.3) is 0 Å². The smallest absolute Gasteiger partial charge is 0.270 e. The van der Waals surface area contributed by atoms with E-state index in [0.29, 0.717) is 0 Å². The van der Waals surface area contributed by atoms with Crippen molar-refractivity contribution in [3.8, 4) is 0 Å². The number of benzene rings is 1. The van der Waals surface area contributed by atoms with Gasteiger partial charge in [0.25, 0.3) is 0 Å². The Kier molecular flexibility index (Phi) is 7.47. The van der Waals surface area contributed by atoms with Crippen molar-refractivity contribution >= 4 is 0 Å². The fraction of sp³-hybridized carbons (Fsp3) is 0.167. The van der Waals surface area contributed by atoms with Gasteiger partial charge in [0.1, 0.15) is 0 Å². The molecule has 13 heavy (non-hydrogen) atoms. The first kappa shape index (κ1) is 12.3. The van der Waals surface area contributed by atoms with Gasteiger partial charge in [-0.05, 0) is 0 Å². The summed E-state index contributed by atoms with van der Waals surface area (Å²) in [5.74, 6) is 0. The van der Waals surface area contributed by atoms with Gasteiger partial charge in [-0.3, -0.25) is 6.08 Å². The van der Waals surface area contributed by atoms with E-state index in [0.717, 1.165) is 6.42 Å². The monoisotopic (exact) mass is 207 g/mol. The summed E-state index contributed by atoms with van der Waals surface area (Å²) >= 11 is 0. The Hall–Kier alpha value is -0.716. The second-order valence-corrected chi connectivity index (χ2v) is 2.54. The molecule has 1 radical (unpaired) electrons. The van der Waals surface area contributed by atoms with Crippen LogP contribution >= 0.6 is 0 Å². The minimum Gasteiger partial charge on any atom is -0.270 e. The molecular formula is C12H12V. The molecule has 1 aromatic carbocycles. The van der Waals surface area contributed by atoms with E-state index in [1.165, 1.54) is 5.57 Å². The van der Waals surface area contributed by atoms with Crippen molar-refractivity contribution in [1.82, 2.24) is 0 Å². The van der Waals surface area contributed by atoms with Crippen LogP contribution in [0.5, 0.6) is 0 Å². The average Bonchev–Trinajstić information content (AvgIpc) is 2.60. The van der Waals surface area contributed by atoms with Crippen molar-refractivity contribution in [2.45, 2.75) is 13.3 Å². The Labute approximate surface area is 92.2 Å². The predicted molar refractivity (Wildman–Crippen MR) is 51.5 cm³/mol. The van der Waals surface area contributed by atoms with E-state index >= 15 is 0 Å². The van der Waals surface area contributed by atoms with Crippen LogP contribution in [0, 0.1) is 12.1 Å². The zero-order chi connectivity index (χ0) is 8.65. The Morgan fingerprint density at radius 1 is 1.15 bits per heavy atom. The van der Waals surface area contributed by atoms with Crippen LogP contribution < -0.4 is 0 Å². The van der Waals surface area contributed by atoms with Gasteiger partial charge >= 0.3 is 18.6 Å². The molecule has 0 nitrogen and oxygen atoms in total. The van der Waals surface area contributed by atoms with Gasteiger partial charge in [-0.2, -0.15) is 42.5 Å². The fourth-order valence-electron chi connectivity index (χ4n) is 0.856. The van der Waals surface area contributed by atoms with Gasteiger partial charge in [-0.25, -0.2) is 11.6 Å². The maximum atomic E-state index is 3.12. The first-order valence-electron chi connectivity index (χ1n) is 4.04. The van der Waals surface area contributed by atoms with E-state index in [1.54, 1.807) is 0 Å². The predicted octanol–water partition coefficient (Wildman–Crippen LogP) is 3.18. The normalized spacial score (nSPS) is 12.2. The largest absolute Gasteiger partial charge is 2.00 e. The molecule has 0 saturated carbocycles. The van der Waals surface area contributed by atoms with Gasteiger partial charge in [0.05, 0.1) is 0 Å². The summed E-state index contributed by atoms with van der Waals surface area (Å²) in [6, 6.07) is 12.5. The van der Waals surface area contributed by atoms with Crippen molar-refractivity contribution in [2.24, 2.45) is 0 Å². The third kappa shape index (κ3) is 6.45. The Morgan fingerprint density at radius 3 is 2.00 bits per heavy atom. The van der Waals surface area contributed by atoms with Crippen LogP contribution in [0.3, 0.4) is 0 Å². The average molecular weight is 207 g/mol. The minimum absolute atomic E-state index is 0. The minimum atomic E-state index is 0. The van der Waals surface area contributed by atoms with Crippen LogP contribution in [-0.2, 0) is 18.6 Å². The maximum Gasteiger partial charge on any atom is 2.00 e. The number of hydrogen-bond acceptors (Lipinski definition) is 0. The van der Waals surface area contributed by atoms with E-state index in [4.69, 9.17) is 0 Å². The van der Waals surface area contributed by atoms with E-state index in [-0.39, 0.29) is 18.6 Å². The topological polar surface area (TPSA) is 0 Å². The van der Waals surface area contributed by atoms with Gasteiger partial charge in [0.2, 0.25) is 0 Å². The second-order valence-electron chi connectivity index (χ2n) is 2.54. The van der Waals surface area contributed by atoms with Crippen LogP contribution in [-0.4, -0.2) is 0 Å². The Morgan fingerprint density at radius 2 is 1.85 bits per heavy atom. The molecule has 1 heteroatoms. The van der Waals surface area contributed by atoms with E-state index in [2.05, 4.69) is 31.2 Å². The maximum absolute atomic E-state index is 3.12. The molecule has 0 amide bonds. The fourth-order valence-corrected chi connectivity index (χ4v) is 0.856. The van der Waals surface area contributed by atoms with Crippen LogP contribution in [0.2, 0.25) is 0 Å². The van der Waals surface area contributed by atoms with Crippen molar-refractivity contribution in [1.29, 1.82) is 0 Å². The molecule has 0 aromatic heterocycles. The molecule has 65 valence electrons. The van der Waals surface area contributed by atoms with Crippen LogP contribution in [0.1, 0.15) is 13.3 Å². The third-order valence-corrected chi connectivity index (χ3v) is 1.47. The van der Waals surface area contributed by atoms with Gasteiger partial charge in [0, 0.05) is 0 Å². The zero-order valence-corrected chi connectivity index (χ0v) is 9.09. The Bertz CT molecular complexity index is 230. The van der Waals surface area contributed by atoms with Gasteiger partial charge < -0.3 is 0 Å². The standard InChI is InChI=1S/C6H7.C6H5.V/c1-6-4-2-3-5-6;1-2-4-6-5-3-1;/h2,4H,3H2,1H3;1-5H;/q2*-1;+2. The zero-order valence-electron chi connectivity index (χ0n) is 7.70. The molecule has 0 heterocycles. The summed E-state index contributed by atoms with van der Waals surface area (Å²) in [4.78, 5) is 0. The quantitative estimate of drug-likeness (QED) is 0.573. The summed E-state index contributed by atoms with van der Waals surface area (Å²) in [7, 11) is 0. The van der Waals surface area contributed by atoms with Gasteiger partial charge in [-0.15, -0.1) is 6.42 Å². The molecule has 0 saturated heterocycles.